The molecule has 1 unspecified atom stereocenters. The van der Waals surface area contributed by atoms with Crippen LogP contribution in [0.1, 0.15) is 59.2 Å². The van der Waals surface area contributed by atoms with Crippen LogP contribution in [0.15, 0.2) is 4.42 Å². The molecule has 0 saturated heterocycles. The van der Waals surface area contributed by atoms with Gasteiger partial charge in [0.25, 0.3) is 11.8 Å². The minimum atomic E-state index is -0.514. The summed E-state index contributed by atoms with van der Waals surface area (Å²) in [6.45, 7) is 6.55. The number of hydrogen-bond donors (Lipinski definition) is 2. The number of aryl methyl sites for hydroxylation is 1. The van der Waals surface area contributed by atoms with Gasteiger partial charge in [-0.15, -0.1) is 0 Å². The lowest BCUT2D eigenvalue weighted by atomic mass is 9.71. The molecular weight excluding hydrogens is 256 g/mol. The van der Waals surface area contributed by atoms with Gasteiger partial charge in [-0.1, -0.05) is 20.8 Å². The lowest BCUT2D eigenvalue weighted by molar-refractivity contribution is 0.0878. The standard InChI is InChI=1S/C15H18N2O3/c1-15(2,3)7-4-5-9-8(6-7)10-11(12(16)20-9)14(19)17-13(10)18/h7,16H,4-6H2,1-3H3,(H,17,18,19). The Labute approximate surface area is 116 Å². The van der Waals surface area contributed by atoms with Crippen molar-refractivity contribution in [2.75, 3.05) is 0 Å². The first-order chi connectivity index (χ1) is 9.29. The maximum Gasteiger partial charge on any atom is 0.264 e. The van der Waals surface area contributed by atoms with E-state index in [2.05, 4.69) is 26.1 Å². The lowest BCUT2D eigenvalue weighted by Crippen LogP contribution is -2.29. The van der Waals surface area contributed by atoms with Crippen LogP contribution < -0.4 is 10.9 Å². The minimum Gasteiger partial charge on any atom is -0.443 e. The normalized spacial score (nSPS) is 21.4. The summed E-state index contributed by atoms with van der Waals surface area (Å²) < 4.78 is 5.48. The number of rotatable bonds is 0. The molecule has 2 heterocycles. The molecule has 1 atom stereocenters. The van der Waals surface area contributed by atoms with E-state index in [1.54, 1.807) is 0 Å². The highest BCUT2D eigenvalue weighted by Crippen LogP contribution is 2.38. The maximum absolute atomic E-state index is 12.0. The van der Waals surface area contributed by atoms with Crippen LogP contribution in [0.25, 0.3) is 0 Å². The van der Waals surface area contributed by atoms with Crippen molar-refractivity contribution in [3.05, 3.63) is 28.0 Å². The molecule has 1 aliphatic carbocycles. The summed E-state index contributed by atoms with van der Waals surface area (Å²) in [6, 6.07) is 0. The zero-order valence-corrected chi connectivity index (χ0v) is 11.9. The van der Waals surface area contributed by atoms with Crippen molar-refractivity contribution >= 4 is 11.8 Å². The summed E-state index contributed by atoms with van der Waals surface area (Å²) in [5, 5.41) is 10.1. The Balaban J connectivity index is 2.17. The van der Waals surface area contributed by atoms with Gasteiger partial charge in [0.15, 0.2) is 0 Å². The number of imide groups is 1. The van der Waals surface area contributed by atoms with Crippen LogP contribution >= 0.6 is 0 Å². The van der Waals surface area contributed by atoms with Crippen LogP contribution in [-0.4, -0.2) is 11.8 Å². The summed E-state index contributed by atoms with van der Waals surface area (Å²) in [4.78, 5) is 23.7. The number of amides is 2. The summed E-state index contributed by atoms with van der Waals surface area (Å²) in [6.07, 6.45) is 2.43. The molecule has 0 bridgehead atoms. The van der Waals surface area contributed by atoms with Crippen molar-refractivity contribution in [1.29, 1.82) is 5.41 Å². The molecule has 20 heavy (non-hydrogen) atoms. The zero-order chi connectivity index (χ0) is 14.7. The Bertz CT molecular complexity index is 680. The second-order valence-corrected chi connectivity index (χ2v) is 6.67. The van der Waals surface area contributed by atoms with Crippen molar-refractivity contribution in [1.82, 2.24) is 5.32 Å². The number of hydrogen-bond acceptors (Lipinski definition) is 4. The van der Waals surface area contributed by atoms with Crippen molar-refractivity contribution in [3.8, 4) is 0 Å². The van der Waals surface area contributed by atoms with E-state index in [4.69, 9.17) is 9.83 Å². The van der Waals surface area contributed by atoms with Crippen LogP contribution in [0.5, 0.6) is 0 Å². The monoisotopic (exact) mass is 274 g/mol. The number of nitrogens with one attached hydrogen (secondary N) is 2. The topological polar surface area (TPSA) is 83.2 Å². The summed E-state index contributed by atoms with van der Waals surface area (Å²) in [7, 11) is 0. The van der Waals surface area contributed by atoms with E-state index in [-0.39, 0.29) is 22.4 Å². The first kappa shape index (κ1) is 13.1. The molecule has 1 aromatic rings. The van der Waals surface area contributed by atoms with Gasteiger partial charge in [-0.05, 0) is 24.2 Å². The van der Waals surface area contributed by atoms with Gasteiger partial charge >= 0.3 is 0 Å². The van der Waals surface area contributed by atoms with Gasteiger partial charge in [-0.25, -0.2) is 0 Å². The maximum atomic E-state index is 12.0. The van der Waals surface area contributed by atoms with Gasteiger partial charge in [0.2, 0.25) is 5.55 Å². The predicted molar refractivity (Wildman–Crippen MR) is 71.3 cm³/mol. The molecular formula is C15H18N2O3. The minimum absolute atomic E-state index is 0.100. The Morgan fingerprint density at radius 1 is 1.20 bits per heavy atom. The molecule has 106 valence electrons. The van der Waals surface area contributed by atoms with Crippen molar-refractivity contribution in [2.24, 2.45) is 11.3 Å². The highest BCUT2D eigenvalue weighted by atomic mass is 16.3. The van der Waals surface area contributed by atoms with E-state index in [0.717, 1.165) is 24.8 Å². The van der Waals surface area contributed by atoms with E-state index >= 15 is 0 Å². The fourth-order valence-corrected chi connectivity index (χ4v) is 3.15. The average Bonchev–Trinajstić information content (AvgIpc) is 2.64. The number of carbonyl (C=O) groups is 2. The molecule has 0 aromatic carbocycles. The molecule has 2 aliphatic rings. The van der Waals surface area contributed by atoms with Crippen molar-refractivity contribution in [2.45, 2.75) is 40.0 Å². The average molecular weight is 274 g/mol. The van der Waals surface area contributed by atoms with E-state index in [9.17, 15) is 9.59 Å². The van der Waals surface area contributed by atoms with E-state index < -0.39 is 5.91 Å². The fourth-order valence-electron chi connectivity index (χ4n) is 3.15. The SMILES string of the molecule is CC(C)(C)C1CCc2oc(=N)c3c(c2C1)C(=O)NC3=O. The second-order valence-electron chi connectivity index (χ2n) is 6.67. The highest BCUT2D eigenvalue weighted by molar-refractivity contribution is 6.21. The third-order valence-electron chi connectivity index (χ3n) is 4.42. The van der Waals surface area contributed by atoms with Gasteiger partial charge in [0, 0.05) is 12.0 Å². The van der Waals surface area contributed by atoms with Gasteiger partial charge in [0.05, 0.1) is 5.56 Å². The van der Waals surface area contributed by atoms with Gasteiger partial charge in [0.1, 0.15) is 11.3 Å². The molecule has 5 nitrogen and oxygen atoms in total. The smallest absolute Gasteiger partial charge is 0.264 e. The molecule has 3 rings (SSSR count). The number of carbonyl (C=O) groups excluding carboxylic acids is 2. The van der Waals surface area contributed by atoms with Crippen LogP contribution in [0, 0.1) is 16.7 Å². The van der Waals surface area contributed by atoms with Crippen molar-refractivity contribution < 1.29 is 14.0 Å². The van der Waals surface area contributed by atoms with E-state index in [1.165, 1.54) is 0 Å². The van der Waals surface area contributed by atoms with Gasteiger partial charge < -0.3 is 4.42 Å². The Morgan fingerprint density at radius 2 is 1.85 bits per heavy atom. The second kappa shape index (κ2) is 4.04. The summed E-state index contributed by atoms with van der Waals surface area (Å²) >= 11 is 0. The predicted octanol–water partition coefficient (Wildman–Crippen LogP) is 1.79. The van der Waals surface area contributed by atoms with Gasteiger partial charge in [-0.2, -0.15) is 0 Å². The van der Waals surface area contributed by atoms with Crippen LogP contribution in [0.2, 0.25) is 0 Å². The Hall–Kier alpha value is -1.91. The molecule has 0 saturated carbocycles. The van der Waals surface area contributed by atoms with Crippen molar-refractivity contribution in [3.63, 3.8) is 0 Å². The Morgan fingerprint density at radius 3 is 2.50 bits per heavy atom. The third kappa shape index (κ3) is 1.80. The van der Waals surface area contributed by atoms with Crippen LogP contribution in [-0.2, 0) is 12.8 Å². The molecule has 0 radical (unpaired) electrons. The lowest BCUT2D eigenvalue weighted by Gasteiger charge is -2.34. The quantitative estimate of drug-likeness (QED) is 0.707. The summed E-state index contributed by atoms with van der Waals surface area (Å²) in [5.41, 5.74) is 1.24. The number of fused-ring (bicyclic) bond motifs is 3. The summed E-state index contributed by atoms with van der Waals surface area (Å²) in [5.74, 6) is 0.230. The molecule has 0 fully saturated rings. The third-order valence-corrected chi connectivity index (χ3v) is 4.42. The molecule has 2 N–H and O–H groups in total. The molecule has 1 aromatic heterocycles. The van der Waals surface area contributed by atoms with Crippen LogP contribution in [0.4, 0.5) is 0 Å². The zero-order valence-electron chi connectivity index (χ0n) is 11.9. The highest BCUT2D eigenvalue weighted by Gasteiger charge is 2.38. The van der Waals surface area contributed by atoms with Gasteiger partial charge in [-0.3, -0.25) is 20.3 Å². The fraction of sp³-hybridized carbons (Fsp3) is 0.533. The Kier molecular flexibility index (Phi) is 2.64. The largest absolute Gasteiger partial charge is 0.443 e. The molecule has 2 amide bonds. The first-order valence-electron chi connectivity index (χ1n) is 6.88. The first-order valence-corrected chi connectivity index (χ1v) is 6.88. The van der Waals surface area contributed by atoms with E-state index in [0.29, 0.717) is 17.2 Å². The molecule has 1 aliphatic heterocycles. The molecule has 5 heteroatoms. The van der Waals surface area contributed by atoms with E-state index in [1.807, 2.05) is 0 Å². The van der Waals surface area contributed by atoms with Crippen LogP contribution in [0.3, 0.4) is 0 Å². The molecule has 0 spiro atoms.